The van der Waals surface area contributed by atoms with E-state index in [9.17, 15) is 18.4 Å². The summed E-state index contributed by atoms with van der Waals surface area (Å²) < 4.78 is 41.0. The van der Waals surface area contributed by atoms with Crippen molar-refractivity contribution in [3.8, 4) is 29.5 Å². The van der Waals surface area contributed by atoms with Gasteiger partial charge in [0.2, 0.25) is 0 Å². The smallest absolute Gasteiger partial charge is 0.226 e. The Morgan fingerprint density at radius 3 is 2.03 bits per heavy atom. The highest BCUT2D eigenvalue weighted by Gasteiger charge is 2.40. The molecular formula is C19H3F3N8. The van der Waals surface area contributed by atoms with Crippen LogP contribution in [0.5, 0.6) is 0 Å². The van der Waals surface area contributed by atoms with E-state index in [2.05, 4.69) is 24.8 Å². The molecular weight excluding hydrogens is 397 g/mol. The Balaban J connectivity index is 2.19. The Hall–Kier alpha value is -4.87. The van der Waals surface area contributed by atoms with Crippen LogP contribution in [0.15, 0.2) is 23.9 Å². The van der Waals surface area contributed by atoms with Gasteiger partial charge in [-0.2, -0.15) is 23.7 Å². The molecule has 0 saturated carbocycles. The fraction of sp³-hybridized carbons (Fsp3) is 0.0526. The van der Waals surface area contributed by atoms with Crippen molar-refractivity contribution < 1.29 is 13.2 Å². The van der Waals surface area contributed by atoms with Gasteiger partial charge in [0.05, 0.1) is 29.6 Å². The summed E-state index contributed by atoms with van der Waals surface area (Å²) in [5.41, 5.74) is -3.51. The summed E-state index contributed by atoms with van der Waals surface area (Å²) in [6.45, 7) is 7.22. The summed E-state index contributed by atoms with van der Waals surface area (Å²) in [6.07, 6.45) is -4.76. The van der Waals surface area contributed by atoms with Gasteiger partial charge < -0.3 is 0 Å². The maximum absolute atomic E-state index is 13.7. The van der Waals surface area contributed by atoms with Crippen molar-refractivity contribution >= 4 is 16.9 Å². The molecule has 0 radical (unpaired) electrons. The normalized spacial score (nSPS) is 13.4. The van der Waals surface area contributed by atoms with Crippen LogP contribution in [0.25, 0.3) is 33.0 Å². The van der Waals surface area contributed by atoms with Gasteiger partial charge in [-0.05, 0) is 11.6 Å². The van der Waals surface area contributed by atoms with Crippen LogP contribution in [-0.4, -0.2) is 19.9 Å². The molecule has 0 bridgehead atoms. The van der Waals surface area contributed by atoms with E-state index >= 15 is 0 Å². The molecule has 30 heavy (non-hydrogen) atoms. The number of benzene rings is 1. The second-order valence-corrected chi connectivity index (χ2v) is 5.89. The molecule has 0 fully saturated rings. The first-order valence-electron chi connectivity index (χ1n) is 7.97. The average molecular weight is 400 g/mol. The van der Waals surface area contributed by atoms with E-state index < -0.39 is 17.4 Å². The molecule has 3 aromatic rings. The van der Waals surface area contributed by atoms with Gasteiger partial charge in [-0.25, -0.2) is 30.0 Å². The van der Waals surface area contributed by atoms with Gasteiger partial charge in [-0.15, -0.1) is 0 Å². The molecule has 0 N–H and O–H groups in total. The van der Waals surface area contributed by atoms with Gasteiger partial charge in [-0.3, -0.25) is 0 Å². The Bertz CT molecular complexity index is 1460. The average Bonchev–Trinajstić information content (AvgIpc) is 3.05. The number of hydrogen-bond donors (Lipinski definition) is 0. The molecule has 1 aromatic carbocycles. The Labute approximate surface area is 165 Å². The summed E-state index contributed by atoms with van der Waals surface area (Å²) in [5.74, 6) is 0. The van der Waals surface area contributed by atoms with Crippen LogP contribution in [0, 0.1) is 40.6 Å². The van der Waals surface area contributed by atoms with Crippen LogP contribution >= 0.6 is 0 Å². The third-order valence-electron chi connectivity index (χ3n) is 4.30. The second kappa shape index (κ2) is 6.34. The summed E-state index contributed by atoms with van der Waals surface area (Å²) >= 11 is 0. The SMILES string of the molecule is [C-]#[N+]/C(C#N)=C1/c2nc3nc(C#N)c(C#N)nc3nc2-c2cccc(C(F)(F)F)c21. The standard InChI is InChI=1S/C19H3F3N8/c1-26-12(7-25)14-13-8(3-2-4-9(13)19(20,21)22)15-16(14)30-18-17(29-15)27-10(5-23)11(6-24)28-18/h2-4H/b14-12+. The summed E-state index contributed by atoms with van der Waals surface area (Å²) in [6, 6.07) is 8.35. The van der Waals surface area contributed by atoms with Crippen LogP contribution < -0.4 is 0 Å². The Morgan fingerprint density at radius 2 is 1.53 bits per heavy atom. The molecule has 0 unspecified atom stereocenters. The molecule has 2 heterocycles. The molecule has 1 aliphatic carbocycles. The molecule has 4 rings (SSSR count). The number of alkyl halides is 3. The summed E-state index contributed by atoms with van der Waals surface area (Å²) in [7, 11) is 0. The first-order valence-corrected chi connectivity index (χ1v) is 7.97. The van der Waals surface area contributed by atoms with E-state index in [0.717, 1.165) is 6.07 Å². The predicted molar refractivity (Wildman–Crippen MR) is 93.2 cm³/mol. The van der Waals surface area contributed by atoms with Crippen LogP contribution in [0.1, 0.15) is 28.2 Å². The molecule has 1 aliphatic rings. The molecule has 0 atom stereocenters. The summed E-state index contributed by atoms with van der Waals surface area (Å²) in [4.78, 5) is 19.2. The van der Waals surface area contributed by atoms with E-state index in [4.69, 9.17) is 17.1 Å². The van der Waals surface area contributed by atoms with Crippen molar-refractivity contribution in [3.05, 3.63) is 63.5 Å². The molecule has 11 heteroatoms. The van der Waals surface area contributed by atoms with Crippen molar-refractivity contribution in [2.75, 3.05) is 0 Å². The van der Waals surface area contributed by atoms with E-state index in [1.54, 1.807) is 18.2 Å². The molecule has 0 spiro atoms. The van der Waals surface area contributed by atoms with Gasteiger partial charge in [0, 0.05) is 11.1 Å². The zero-order valence-corrected chi connectivity index (χ0v) is 14.4. The number of halogens is 3. The maximum atomic E-state index is 13.7. The third-order valence-corrected chi connectivity index (χ3v) is 4.30. The third kappa shape index (κ3) is 2.51. The minimum absolute atomic E-state index is 0.0188. The van der Waals surface area contributed by atoms with Crippen LogP contribution in [-0.2, 0) is 6.18 Å². The lowest BCUT2D eigenvalue weighted by molar-refractivity contribution is -0.137. The molecule has 2 aromatic heterocycles. The van der Waals surface area contributed by atoms with Crippen molar-refractivity contribution in [2.45, 2.75) is 6.18 Å². The maximum Gasteiger partial charge on any atom is 0.416 e. The fourth-order valence-corrected chi connectivity index (χ4v) is 3.14. The number of aromatic nitrogens is 4. The first-order chi connectivity index (χ1) is 14.3. The number of nitrogens with zero attached hydrogens (tertiary/aromatic N) is 8. The van der Waals surface area contributed by atoms with Crippen molar-refractivity contribution in [1.29, 1.82) is 15.8 Å². The number of nitriles is 3. The lowest BCUT2D eigenvalue weighted by atomic mass is 9.97. The molecule has 8 nitrogen and oxygen atoms in total. The summed E-state index contributed by atoms with van der Waals surface area (Å²) in [5, 5.41) is 27.6. The predicted octanol–water partition coefficient (Wildman–Crippen LogP) is 3.36. The minimum atomic E-state index is -4.76. The highest BCUT2D eigenvalue weighted by molar-refractivity contribution is 6.03. The second-order valence-electron chi connectivity index (χ2n) is 5.89. The van der Waals surface area contributed by atoms with E-state index in [1.165, 1.54) is 12.1 Å². The van der Waals surface area contributed by atoms with Gasteiger partial charge in [0.1, 0.15) is 12.1 Å². The Kier molecular flexibility index (Phi) is 3.91. The largest absolute Gasteiger partial charge is 0.416 e. The molecule has 0 aliphatic heterocycles. The van der Waals surface area contributed by atoms with Crippen LogP contribution in [0.3, 0.4) is 0 Å². The minimum Gasteiger partial charge on any atom is -0.226 e. The Morgan fingerprint density at radius 1 is 0.933 bits per heavy atom. The number of hydrogen-bond acceptors (Lipinski definition) is 7. The molecule has 0 saturated heterocycles. The zero-order valence-electron chi connectivity index (χ0n) is 14.4. The van der Waals surface area contributed by atoms with Crippen molar-refractivity contribution in [1.82, 2.24) is 19.9 Å². The van der Waals surface area contributed by atoms with E-state index in [-0.39, 0.29) is 50.8 Å². The molecule has 0 amide bonds. The number of allylic oxidation sites excluding steroid dienone is 1. The lowest BCUT2D eigenvalue weighted by Crippen LogP contribution is -2.08. The number of rotatable bonds is 0. The monoisotopic (exact) mass is 400 g/mol. The van der Waals surface area contributed by atoms with Gasteiger partial charge in [0.25, 0.3) is 5.70 Å². The fourth-order valence-electron chi connectivity index (χ4n) is 3.14. The van der Waals surface area contributed by atoms with Crippen LogP contribution in [0.2, 0.25) is 0 Å². The van der Waals surface area contributed by atoms with Gasteiger partial charge in [0.15, 0.2) is 22.7 Å². The number of fused-ring (bicyclic) bond motifs is 4. The quantitative estimate of drug-likeness (QED) is 0.327. The van der Waals surface area contributed by atoms with Crippen LogP contribution in [0.4, 0.5) is 13.2 Å². The first kappa shape index (κ1) is 18.5. The van der Waals surface area contributed by atoms with E-state index in [0.29, 0.717) is 0 Å². The van der Waals surface area contributed by atoms with Crippen molar-refractivity contribution in [2.24, 2.45) is 0 Å². The molecule has 140 valence electrons. The van der Waals surface area contributed by atoms with Gasteiger partial charge in [-0.1, -0.05) is 12.1 Å². The topological polar surface area (TPSA) is 127 Å². The van der Waals surface area contributed by atoms with Crippen molar-refractivity contribution in [3.63, 3.8) is 0 Å². The zero-order chi connectivity index (χ0) is 21.6. The van der Waals surface area contributed by atoms with E-state index in [1.807, 2.05) is 0 Å². The lowest BCUT2D eigenvalue weighted by Gasteiger charge is -2.13. The highest BCUT2D eigenvalue weighted by atomic mass is 19.4. The highest BCUT2D eigenvalue weighted by Crippen LogP contribution is 2.49. The van der Waals surface area contributed by atoms with Gasteiger partial charge >= 0.3 is 6.18 Å².